The molecule has 1 heterocycles. The zero-order chi connectivity index (χ0) is 22.2. The molecule has 0 N–H and O–H groups in total. The number of benzene rings is 2. The van der Waals surface area contributed by atoms with Crippen LogP contribution in [0, 0.1) is 0 Å². The molecule has 0 aliphatic rings. The molecule has 0 aliphatic heterocycles. The Hall–Kier alpha value is -1.94. The van der Waals surface area contributed by atoms with Gasteiger partial charge in [0.05, 0.1) is 0 Å². The van der Waals surface area contributed by atoms with Crippen molar-refractivity contribution in [2.24, 2.45) is 0 Å². The minimum Gasteiger partial charge on any atom is -0.0999 e. The van der Waals surface area contributed by atoms with Crippen LogP contribution in [0.3, 0.4) is 0 Å². The lowest BCUT2D eigenvalue weighted by Gasteiger charge is -2.16. The number of hydrogen-bond acceptors (Lipinski definition) is 1. The van der Waals surface area contributed by atoms with E-state index in [-0.39, 0.29) is 0 Å². The Morgan fingerprint density at radius 3 is 1.50 bits per heavy atom. The van der Waals surface area contributed by atoms with Crippen LogP contribution >= 0.6 is 15.9 Å². The Labute approximate surface area is 190 Å². The van der Waals surface area contributed by atoms with E-state index in [0.29, 0.717) is 23.7 Å². The highest BCUT2D eigenvalue weighted by Gasteiger charge is 2.28. The van der Waals surface area contributed by atoms with Gasteiger partial charge in [0.15, 0.2) is 17.6 Å². The minimum atomic E-state index is 0.414. The first kappa shape index (κ1) is 22.7. The van der Waals surface area contributed by atoms with Gasteiger partial charge in [-0.15, -0.1) is 0 Å². The Morgan fingerprint density at radius 1 is 0.700 bits per heavy atom. The summed E-state index contributed by atoms with van der Waals surface area (Å²) in [5, 5.41) is 5.11. The van der Waals surface area contributed by atoms with Gasteiger partial charge in [-0.05, 0) is 23.7 Å². The van der Waals surface area contributed by atoms with Gasteiger partial charge in [0.25, 0.3) is 0 Å². The van der Waals surface area contributed by atoms with Crippen LogP contribution in [0.1, 0.15) is 101 Å². The second kappa shape index (κ2) is 9.05. The summed E-state index contributed by atoms with van der Waals surface area (Å²) < 4.78 is 5.10. The van der Waals surface area contributed by atoms with E-state index in [1.54, 1.807) is 0 Å². The van der Waals surface area contributed by atoms with Crippen LogP contribution in [-0.4, -0.2) is 9.90 Å². The van der Waals surface area contributed by atoms with Crippen LogP contribution < -0.4 is 4.68 Å². The second-order valence-electron chi connectivity index (χ2n) is 9.39. The summed E-state index contributed by atoms with van der Waals surface area (Å²) >= 11 is 3.82. The summed E-state index contributed by atoms with van der Waals surface area (Å²) in [6.07, 6.45) is 2.11. The molecule has 0 bridgehead atoms. The van der Waals surface area contributed by atoms with Crippen molar-refractivity contribution >= 4 is 15.9 Å². The first-order chi connectivity index (χ1) is 14.1. The van der Waals surface area contributed by atoms with Crippen LogP contribution in [0.15, 0.2) is 47.2 Å². The summed E-state index contributed by atoms with van der Waals surface area (Å²) in [6.45, 7) is 18.0. The Kier molecular flexibility index (Phi) is 6.86. The maximum atomic E-state index is 5.11. The van der Waals surface area contributed by atoms with E-state index in [1.165, 1.54) is 33.6 Å². The SMILES string of the molecule is CC(C)c1cccc(C(C)C)c1-n1n[n+](-c2c(C(C)C)cccc2C(C)C)cc1Br. The van der Waals surface area contributed by atoms with Gasteiger partial charge < -0.3 is 0 Å². The summed E-state index contributed by atoms with van der Waals surface area (Å²) in [4.78, 5) is 0. The molecule has 1 aromatic heterocycles. The molecule has 2 aromatic carbocycles. The monoisotopic (exact) mass is 468 g/mol. The first-order valence-corrected chi connectivity index (χ1v) is 11.9. The molecule has 3 nitrogen and oxygen atoms in total. The largest absolute Gasteiger partial charge is 0.239 e. The summed E-state index contributed by atoms with van der Waals surface area (Å²) in [5.41, 5.74) is 7.68. The van der Waals surface area contributed by atoms with Gasteiger partial charge in [-0.2, -0.15) is 0 Å². The molecule has 4 heteroatoms. The van der Waals surface area contributed by atoms with Gasteiger partial charge in [0.2, 0.25) is 4.60 Å². The van der Waals surface area contributed by atoms with Crippen molar-refractivity contribution in [1.29, 1.82) is 0 Å². The van der Waals surface area contributed by atoms with E-state index < -0.39 is 0 Å². The number of hydrogen-bond donors (Lipinski definition) is 0. The average molecular weight is 469 g/mol. The zero-order valence-corrected chi connectivity index (χ0v) is 21.2. The summed E-state index contributed by atoms with van der Waals surface area (Å²) in [7, 11) is 0. The van der Waals surface area contributed by atoms with E-state index in [0.717, 1.165) is 4.60 Å². The van der Waals surface area contributed by atoms with Crippen LogP contribution in [0.2, 0.25) is 0 Å². The van der Waals surface area contributed by atoms with Gasteiger partial charge in [0.1, 0.15) is 5.21 Å². The molecule has 0 radical (unpaired) electrons. The molecule has 0 spiro atoms. The van der Waals surface area contributed by atoms with E-state index in [1.807, 2.05) is 0 Å². The molecule has 3 rings (SSSR count). The molecule has 0 atom stereocenters. The van der Waals surface area contributed by atoms with Crippen molar-refractivity contribution in [3.8, 4) is 11.4 Å². The van der Waals surface area contributed by atoms with Gasteiger partial charge in [0, 0.05) is 38.2 Å². The predicted molar refractivity (Wildman–Crippen MR) is 129 cm³/mol. The second-order valence-corrected chi connectivity index (χ2v) is 10.2. The van der Waals surface area contributed by atoms with Crippen molar-refractivity contribution < 1.29 is 4.68 Å². The molecule has 0 fully saturated rings. The summed E-state index contributed by atoms with van der Waals surface area (Å²) in [6, 6.07) is 13.3. The van der Waals surface area contributed by atoms with Gasteiger partial charge in [-0.1, -0.05) is 101 Å². The number of nitrogens with zero attached hydrogens (tertiary/aromatic N) is 3. The molecule has 0 unspecified atom stereocenters. The van der Waals surface area contributed by atoms with E-state index in [9.17, 15) is 0 Å². The highest BCUT2D eigenvalue weighted by molar-refractivity contribution is 9.10. The fourth-order valence-corrected chi connectivity index (χ4v) is 4.56. The topological polar surface area (TPSA) is 21.7 Å². The van der Waals surface area contributed by atoms with E-state index in [2.05, 4.69) is 123 Å². The van der Waals surface area contributed by atoms with Crippen molar-refractivity contribution in [1.82, 2.24) is 9.90 Å². The summed E-state index contributed by atoms with van der Waals surface area (Å²) in [5.74, 6) is 1.67. The molecular weight excluding hydrogens is 434 g/mol. The fraction of sp³-hybridized carbons (Fsp3) is 0.462. The van der Waals surface area contributed by atoms with Crippen molar-refractivity contribution in [2.45, 2.75) is 79.1 Å². The van der Waals surface area contributed by atoms with Crippen LogP contribution in [-0.2, 0) is 0 Å². The highest BCUT2D eigenvalue weighted by atomic mass is 79.9. The first-order valence-electron chi connectivity index (χ1n) is 11.1. The highest BCUT2D eigenvalue weighted by Crippen LogP contribution is 2.33. The lowest BCUT2D eigenvalue weighted by Crippen LogP contribution is -2.36. The van der Waals surface area contributed by atoms with Crippen molar-refractivity contribution in [2.75, 3.05) is 0 Å². The van der Waals surface area contributed by atoms with Gasteiger partial charge in [-0.25, -0.2) is 0 Å². The smallest absolute Gasteiger partial charge is 0.0999 e. The molecule has 0 aliphatic carbocycles. The third-order valence-corrected chi connectivity index (χ3v) is 6.28. The number of rotatable bonds is 6. The third kappa shape index (κ3) is 4.25. The average Bonchev–Trinajstić information content (AvgIpc) is 3.07. The Balaban J connectivity index is 2.30. The minimum absolute atomic E-state index is 0.414. The maximum absolute atomic E-state index is 5.11. The molecule has 160 valence electrons. The number of para-hydroxylation sites is 2. The third-order valence-electron chi connectivity index (χ3n) is 5.74. The Bertz CT molecular complexity index is 976. The zero-order valence-electron chi connectivity index (χ0n) is 19.6. The molecule has 30 heavy (non-hydrogen) atoms. The molecule has 0 amide bonds. The van der Waals surface area contributed by atoms with E-state index in [4.69, 9.17) is 5.21 Å². The molecule has 3 aromatic rings. The van der Waals surface area contributed by atoms with Crippen molar-refractivity contribution in [3.05, 3.63) is 69.5 Å². The number of aromatic nitrogens is 3. The maximum Gasteiger partial charge on any atom is 0.239 e. The van der Waals surface area contributed by atoms with Gasteiger partial charge in [-0.3, -0.25) is 0 Å². The fourth-order valence-electron chi connectivity index (χ4n) is 4.11. The molecular formula is C26H35BrN3+. The quantitative estimate of drug-likeness (QED) is 0.345. The number of halogens is 1. The molecule has 0 saturated heterocycles. The van der Waals surface area contributed by atoms with E-state index >= 15 is 0 Å². The predicted octanol–water partition coefficient (Wildman–Crippen LogP) is 7.41. The molecule has 0 saturated carbocycles. The van der Waals surface area contributed by atoms with Crippen LogP contribution in [0.25, 0.3) is 11.4 Å². The van der Waals surface area contributed by atoms with Crippen LogP contribution in [0.5, 0.6) is 0 Å². The van der Waals surface area contributed by atoms with Gasteiger partial charge >= 0.3 is 0 Å². The van der Waals surface area contributed by atoms with Crippen LogP contribution in [0.4, 0.5) is 0 Å². The van der Waals surface area contributed by atoms with Crippen molar-refractivity contribution in [3.63, 3.8) is 0 Å². The Morgan fingerprint density at radius 2 is 1.10 bits per heavy atom. The lowest BCUT2D eigenvalue weighted by molar-refractivity contribution is -0.662. The lowest BCUT2D eigenvalue weighted by atomic mass is 9.93. The normalized spacial score (nSPS) is 12.0. The standard InChI is InChI=1S/C26H35BrN3/c1-16(2)20-11-9-12-21(17(3)4)25(20)29-15-24(27)30(28-29)26-22(18(5)6)13-10-14-23(26)19(7)8/h9-19H,1-8H3/q+1.